The van der Waals surface area contributed by atoms with Crippen molar-refractivity contribution < 1.29 is 19.1 Å². The Morgan fingerprint density at radius 2 is 1.83 bits per heavy atom. The molecule has 0 aromatic heterocycles. The smallest absolute Gasteiger partial charge is 0.329 e. The van der Waals surface area contributed by atoms with Gasteiger partial charge in [-0.25, -0.2) is 9.69 Å². The summed E-state index contributed by atoms with van der Waals surface area (Å²) in [6, 6.07) is 19.8. The number of imide groups is 1. The van der Waals surface area contributed by atoms with Gasteiger partial charge in [-0.1, -0.05) is 67.1 Å². The Balaban J connectivity index is 1.44. The molecule has 0 radical (unpaired) electrons. The number of benzene rings is 3. The van der Waals surface area contributed by atoms with E-state index in [4.69, 9.17) is 16.3 Å². The Morgan fingerprint density at radius 1 is 1.11 bits per heavy atom. The van der Waals surface area contributed by atoms with Crippen molar-refractivity contribution in [2.75, 3.05) is 11.9 Å². The van der Waals surface area contributed by atoms with Gasteiger partial charge in [-0.15, -0.1) is 0 Å². The van der Waals surface area contributed by atoms with Crippen LogP contribution in [0.15, 0.2) is 76.9 Å². The quantitative estimate of drug-likeness (QED) is 0.267. The lowest BCUT2D eigenvalue weighted by molar-refractivity contribution is -0.127. The third kappa shape index (κ3) is 5.95. The topological polar surface area (TPSA) is 87.7 Å². The van der Waals surface area contributed by atoms with E-state index < -0.39 is 24.4 Å². The van der Waals surface area contributed by atoms with Gasteiger partial charge < -0.3 is 15.4 Å². The molecule has 1 aliphatic rings. The molecule has 0 unspecified atom stereocenters. The average molecular weight is 569 g/mol. The molecular formula is C27H23BrClN3O4. The molecule has 36 heavy (non-hydrogen) atoms. The molecule has 0 bridgehead atoms. The van der Waals surface area contributed by atoms with Crippen molar-refractivity contribution in [2.24, 2.45) is 0 Å². The van der Waals surface area contributed by atoms with Crippen molar-refractivity contribution in [1.29, 1.82) is 0 Å². The lowest BCUT2D eigenvalue weighted by atomic mass is 10.1. The largest absolute Gasteiger partial charge is 0.486 e. The van der Waals surface area contributed by atoms with Crippen molar-refractivity contribution in [1.82, 2.24) is 10.2 Å². The third-order valence-electron chi connectivity index (χ3n) is 5.49. The van der Waals surface area contributed by atoms with E-state index in [-0.39, 0.29) is 5.70 Å². The minimum atomic E-state index is -0.668. The number of para-hydroxylation sites is 1. The summed E-state index contributed by atoms with van der Waals surface area (Å²) in [5.74, 6) is -0.600. The molecule has 184 valence electrons. The highest BCUT2D eigenvalue weighted by Gasteiger charge is 2.35. The molecule has 0 saturated carbocycles. The van der Waals surface area contributed by atoms with Crippen molar-refractivity contribution in [2.45, 2.75) is 20.0 Å². The summed E-state index contributed by atoms with van der Waals surface area (Å²) in [5, 5.41) is 5.63. The van der Waals surface area contributed by atoms with Crippen molar-refractivity contribution in [3.8, 4) is 5.75 Å². The molecule has 4 amide bonds. The molecule has 3 aromatic rings. The molecule has 4 rings (SSSR count). The van der Waals surface area contributed by atoms with Gasteiger partial charge in [0.2, 0.25) is 5.91 Å². The van der Waals surface area contributed by atoms with E-state index in [1.54, 1.807) is 18.2 Å². The van der Waals surface area contributed by atoms with Crippen molar-refractivity contribution >= 4 is 57.1 Å². The molecule has 1 saturated heterocycles. The number of hydrogen-bond acceptors (Lipinski definition) is 4. The zero-order valence-electron chi connectivity index (χ0n) is 19.4. The number of hydrogen-bond donors (Lipinski definition) is 2. The summed E-state index contributed by atoms with van der Waals surface area (Å²) in [7, 11) is 0. The number of anilines is 1. The van der Waals surface area contributed by atoms with Crippen LogP contribution in [0.25, 0.3) is 6.08 Å². The fourth-order valence-corrected chi connectivity index (χ4v) is 4.69. The van der Waals surface area contributed by atoms with Gasteiger partial charge in [0.1, 0.15) is 18.8 Å². The van der Waals surface area contributed by atoms with E-state index in [0.717, 1.165) is 22.4 Å². The highest BCUT2D eigenvalue weighted by molar-refractivity contribution is 9.10. The Labute approximate surface area is 222 Å². The minimum absolute atomic E-state index is 0.0441. The van der Waals surface area contributed by atoms with Gasteiger partial charge in [-0.05, 0) is 63.3 Å². The highest BCUT2D eigenvalue weighted by Crippen LogP contribution is 2.36. The first-order valence-corrected chi connectivity index (χ1v) is 12.4. The number of rotatable bonds is 8. The Kier molecular flexibility index (Phi) is 8.07. The number of aryl methyl sites for hydroxylation is 1. The van der Waals surface area contributed by atoms with Crippen LogP contribution in [-0.2, 0) is 22.6 Å². The van der Waals surface area contributed by atoms with Crippen LogP contribution in [0.4, 0.5) is 10.5 Å². The third-order valence-corrected chi connectivity index (χ3v) is 6.36. The second-order valence-electron chi connectivity index (χ2n) is 8.03. The van der Waals surface area contributed by atoms with Gasteiger partial charge >= 0.3 is 6.03 Å². The Bertz CT molecular complexity index is 1320. The number of amides is 4. The number of ether oxygens (including phenoxy) is 1. The maximum absolute atomic E-state index is 12.9. The first-order valence-electron chi connectivity index (χ1n) is 11.2. The fourth-order valence-electron chi connectivity index (χ4n) is 3.70. The van der Waals surface area contributed by atoms with Gasteiger partial charge in [0.25, 0.3) is 5.91 Å². The number of halogens is 2. The molecule has 0 aliphatic carbocycles. The Hall–Kier alpha value is -3.62. The molecule has 0 atom stereocenters. The maximum atomic E-state index is 12.9. The predicted octanol–water partition coefficient (Wildman–Crippen LogP) is 5.78. The summed E-state index contributed by atoms with van der Waals surface area (Å²) in [5.41, 5.74) is 3.23. The molecule has 2 N–H and O–H groups in total. The van der Waals surface area contributed by atoms with Crippen molar-refractivity contribution in [3.63, 3.8) is 0 Å². The van der Waals surface area contributed by atoms with Crippen LogP contribution in [0.2, 0.25) is 5.02 Å². The molecule has 1 heterocycles. The number of carbonyl (C=O) groups is 3. The molecule has 9 heteroatoms. The molecule has 0 spiro atoms. The van der Waals surface area contributed by atoms with Gasteiger partial charge in [-0.2, -0.15) is 0 Å². The molecule has 1 aliphatic heterocycles. The normalized spacial score (nSPS) is 14.2. The van der Waals surface area contributed by atoms with Crippen LogP contribution in [0.5, 0.6) is 5.75 Å². The maximum Gasteiger partial charge on any atom is 0.329 e. The lowest BCUT2D eigenvalue weighted by Gasteiger charge is -2.13. The number of nitrogens with zero attached hydrogens (tertiary/aromatic N) is 1. The van der Waals surface area contributed by atoms with Crippen LogP contribution < -0.4 is 15.4 Å². The molecular weight excluding hydrogens is 546 g/mol. The minimum Gasteiger partial charge on any atom is -0.486 e. The number of nitrogens with one attached hydrogen (secondary N) is 2. The summed E-state index contributed by atoms with van der Waals surface area (Å²) in [4.78, 5) is 38.7. The zero-order chi connectivity index (χ0) is 25.7. The summed E-state index contributed by atoms with van der Waals surface area (Å²) >= 11 is 9.89. The van der Waals surface area contributed by atoms with E-state index in [0.29, 0.717) is 33.1 Å². The summed E-state index contributed by atoms with van der Waals surface area (Å²) < 4.78 is 6.45. The first-order chi connectivity index (χ1) is 17.4. The molecule has 3 aromatic carbocycles. The van der Waals surface area contributed by atoms with E-state index >= 15 is 0 Å². The van der Waals surface area contributed by atoms with E-state index in [1.165, 1.54) is 6.08 Å². The SMILES string of the molecule is CCc1ccccc1NC(=O)CN1C(=O)N/C(=C/c2cc(Cl)c(OCc3ccccc3)c(Br)c2)C1=O. The van der Waals surface area contributed by atoms with Crippen LogP contribution in [0, 0.1) is 0 Å². The average Bonchev–Trinajstić information content (AvgIpc) is 3.11. The van der Waals surface area contributed by atoms with E-state index in [2.05, 4.69) is 26.6 Å². The lowest BCUT2D eigenvalue weighted by Crippen LogP contribution is -2.38. The highest BCUT2D eigenvalue weighted by atomic mass is 79.9. The summed E-state index contributed by atoms with van der Waals surface area (Å²) in [6.07, 6.45) is 2.24. The monoisotopic (exact) mass is 567 g/mol. The van der Waals surface area contributed by atoms with Gasteiger partial charge in [0.15, 0.2) is 5.75 Å². The molecule has 1 fully saturated rings. The number of urea groups is 1. The van der Waals surface area contributed by atoms with Gasteiger partial charge in [-0.3, -0.25) is 9.59 Å². The fraction of sp³-hybridized carbons (Fsp3) is 0.148. The Morgan fingerprint density at radius 3 is 2.56 bits per heavy atom. The van der Waals surface area contributed by atoms with Gasteiger partial charge in [0.05, 0.1) is 9.50 Å². The second kappa shape index (κ2) is 11.4. The van der Waals surface area contributed by atoms with E-state index in [1.807, 2.05) is 55.5 Å². The van der Waals surface area contributed by atoms with Crippen LogP contribution >= 0.6 is 27.5 Å². The zero-order valence-corrected chi connectivity index (χ0v) is 21.7. The van der Waals surface area contributed by atoms with E-state index in [9.17, 15) is 14.4 Å². The summed E-state index contributed by atoms with van der Waals surface area (Å²) in [6.45, 7) is 1.91. The predicted molar refractivity (Wildman–Crippen MR) is 143 cm³/mol. The standard InChI is InChI=1S/C27H23BrClN3O4/c1-2-19-10-6-7-11-22(19)30-24(33)15-32-26(34)23(31-27(32)35)14-18-12-20(28)25(21(29)13-18)36-16-17-8-4-3-5-9-17/h3-14H,2,15-16H2,1H3,(H,30,33)(H,31,35)/b23-14+. The van der Waals surface area contributed by atoms with Crippen LogP contribution in [0.3, 0.4) is 0 Å². The number of carbonyl (C=O) groups excluding carboxylic acids is 3. The molecule has 7 nitrogen and oxygen atoms in total. The van der Waals surface area contributed by atoms with Crippen LogP contribution in [-0.4, -0.2) is 29.3 Å². The van der Waals surface area contributed by atoms with Gasteiger partial charge in [0, 0.05) is 5.69 Å². The van der Waals surface area contributed by atoms with Crippen LogP contribution in [0.1, 0.15) is 23.6 Å². The second-order valence-corrected chi connectivity index (χ2v) is 9.29. The van der Waals surface area contributed by atoms with Crippen molar-refractivity contribution in [3.05, 3.63) is 98.6 Å². The first kappa shape index (κ1) is 25.5.